The molecule has 1 aliphatic rings. The molecule has 3 aromatic rings. The Morgan fingerprint density at radius 3 is 2.79 bits per heavy atom. The monoisotopic (exact) mass is 488 g/mol. The first-order valence-corrected chi connectivity index (χ1v) is 11.2. The number of carbonyl (C=O) groups excluding carboxylic acids is 1. The Bertz CT molecular complexity index is 1130. The van der Waals surface area contributed by atoms with E-state index in [-0.39, 0.29) is 11.8 Å². The molecule has 1 unspecified atom stereocenters. The number of carbonyl (C=O) groups is 1. The van der Waals surface area contributed by atoms with Crippen molar-refractivity contribution in [1.82, 2.24) is 14.8 Å². The minimum Gasteiger partial charge on any atom is -0.328 e. The van der Waals surface area contributed by atoms with Crippen molar-refractivity contribution < 1.29 is 4.79 Å². The summed E-state index contributed by atoms with van der Waals surface area (Å²) in [5, 5.41) is 9.30. The maximum Gasteiger partial charge on any atom is 0.227 e. The highest BCUT2D eigenvalue weighted by molar-refractivity contribution is 9.10. The van der Waals surface area contributed by atoms with E-state index in [9.17, 15) is 4.79 Å². The van der Waals surface area contributed by atoms with E-state index in [4.69, 9.17) is 16.7 Å². The average Bonchev–Trinajstić information content (AvgIpc) is 3.08. The van der Waals surface area contributed by atoms with Gasteiger partial charge >= 0.3 is 0 Å². The van der Waals surface area contributed by atoms with Crippen LogP contribution in [-0.2, 0) is 10.5 Å². The number of nitrogens with zero attached hydrogens (tertiary/aromatic N) is 3. The van der Waals surface area contributed by atoms with Gasteiger partial charge in [-0.1, -0.05) is 69.6 Å². The Hall–Kier alpha value is -2.09. The summed E-state index contributed by atoms with van der Waals surface area (Å²) >= 11 is 11.3. The SMILES string of the molecule is CC(=O)C1=C(C)Nc2nc(SCc3ccccc3Cl)nn2C1c1cccc(Br)c1. The summed E-state index contributed by atoms with van der Waals surface area (Å²) in [6, 6.07) is 15.3. The Morgan fingerprint density at radius 1 is 1.28 bits per heavy atom. The number of Topliss-reactive ketones (excluding diaryl/α,β-unsaturated/α-hetero) is 1. The second-order valence-corrected chi connectivity index (χ2v) is 8.99. The maximum atomic E-state index is 12.5. The van der Waals surface area contributed by atoms with E-state index in [1.807, 2.05) is 55.5 Å². The first kappa shape index (κ1) is 20.2. The second-order valence-electron chi connectivity index (χ2n) is 6.72. The summed E-state index contributed by atoms with van der Waals surface area (Å²) in [5.41, 5.74) is 3.48. The van der Waals surface area contributed by atoms with Crippen LogP contribution in [0.15, 0.2) is 69.4 Å². The lowest BCUT2D eigenvalue weighted by Gasteiger charge is -2.28. The fourth-order valence-electron chi connectivity index (χ4n) is 3.39. The molecule has 29 heavy (non-hydrogen) atoms. The normalized spacial score (nSPS) is 15.8. The summed E-state index contributed by atoms with van der Waals surface area (Å²) in [7, 11) is 0. The van der Waals surface area contributed by atoms with Gasteiger partial charge in [-0.3, -0.25) is 4.79 Å². The van der Waals surface area contributed by atoms with Crippen LogP contribution in [0.3, 0.4) is 0 Å². The number of halogens is 2. The fraction of sp³-hybridized carbons (Fsp3) is 0.190. The van der Waals surface area contributed by atoms with Crippen LogP contribution in [0.1, 0.15) is 31.0 Å². The number of anilines is 1. The minimum atomic E-state index is -0.330. The van der Waals surface area contributed by atoms with Crippen molar-refractivity contribution in [3.05, 3.63) is 80.4 Å². The van der Waals surface area contributed by atoms with Crippen LogP contribution in [0, 0.1) is 0 Å². The molecule has 1 N–H and O–H groups in total. The Balaban J connectivity index is 1.70. The molecule has 1 aliphatic heterocycles. The van der Waals surface area contributed by atoms with Gasteiger partial charge in [0.1, 0.15) is 6.04 Å². The second kappa shape index (κ2) is 8.34. The van der Waals surface area contributed by atoms with E-state index in [0.717, 1.165) is 26.3 Å². The van der Waals surface area contributed by atoms with Gasteiger partial charge in [-0.15, -0.1) is 5.10 Å². The zero-order chi connectivity index (χ0) is 20.5. The number of fused-ring (bicyclic) bond motifs is 1. The summed E-state index contributed by atoms with van der Waals surface area (Å²) in [6.07, 6.45) is 0. The first-order chi connectivity index (χ1) is 13.9. The van der Waals surface area contributed by atoms with Crippen LogP contribution in [0.4, 0.5) is 5.95 Å². The van der Waals surface area contributed by atoms with E-state index in [0.29, 0.717) is 22.4 Å². The molecule has 0 radical (unpaired) electrons. The maximum absolute atomic E-state index is 12.5. The fourth-order valence-corrected chi connectivity index (χ4v) is 4.92. The Morgan fingerprint density at radius 2 is 2.07 bits per heavy atom. The molecule has 0 saturated heterocycles. The highest BCUT2D eigenvalue weighted by Crippen LogP contribution is 2.37. The molecule has 2 heterocycles. The van der Waals surface area contributed by atoms with E-state index in [2.05, 4.69) is 26.2 Å². The number of rotatable bonds is 5. The molecule has 8 heteroatoms. The predicted octanol–water partition coefficient (Wildman–Crippen LogP) is 5.86. The van der Waals surface area contributed by atoms with Gasteiger partial charge in [-0.2, -0.15) is 4.98 Å². The zero-order valence-corrected chi connectivity index (χ0v) is 19.0. The minimum absolute atomic E-state index is 0.00592. The Labute approximate surface area is 186 Å². The number of benzene rings is 2. The number of hydrogen-bond donors (Lipinski definition) is 1. The smallest absolute Gasteiger partial charge is 0.227 e. The van der Waals surface area contributed by atoms with E-state index in [1.165, 1.54) is 11.8 Å². The molecular weight excluding hydrogens is 472 g/mol. The molecule has 0 bridgehead atoms. The lowest BCUT2D eigenvalue weighted by Crippen LogP contribution is -2.27. The number of hydrogen-bond acceptors (Lipinski definition) is 5. The predicted molar refractivity (Wildman–Crippen MR) is 120 cm³/mol. The quantitative estimate of drug-likeness (QED) is 0.455. The third-order valence-corrected chi connectivity index (χ3v) is 6.44. The van der Waals surface area contributed by atoms with Gasteiger partial charge in [0.15, 0.2) is 5.78 Å². The molecule has 0 aliphatic carbocycles. The molecule has 148 valence electrons. The van der Waals surface area contributed by atoms with Crippen LogP contribution in [-0.4, -0.2) is 20.5 Å². The highest BCUT2D eigenvalue weighted by Gasteiger charge is 2.32. The molecule has 0 amide bonds. The van der Waals surface area contributed by atoms with Gasteiger partial charge in [-0.05, 0) is 43.2 Å². The average molecular weight is 490 g/mol. The number of thioether (sulfide) groups is 1. The molecule has 0 saturated carbocycles. The van der Waals surface area contributed by atoms with Crippen LogP contribution in [0.25, 0.3) is 0 Å². The van der Waals surface area contributed by atoms with E-state index >= 15 is 0 Å². The van der Waals surface area contributed by atoms with E-state index < -0.39 is 0 Å². The largest absolute Gasteiger partial charge is 0.328 e. The highest BCUT2D eigenvalue weighted by atomic mass is 79.9. The van der Waals surface area contributed by atoms with Gasteiger partial charge in [0.25, 0.3) is 0 Å². The topological polar surface area (TPSA) is 59.8 Å². The summed E-state index contributed by atoms with van der Waals surface area (Å²) in [4.78, 5) is 17.1. The van der Waals surface area contributed by atoms with Gasteiger partial charge in [0.05, 0.1) is 0 Å². The van der Waals surface area contributed by atoms with Crippen LogP contribution in [0.5, 0.6) is 0 Å². The lowest BCUT2D eigenvalue weighted by atomic mass is 9.93. The van der Waals surface area contributed by atoms with Crippen molar-refractivity contribution in [2.24, 2.45) is 0 Å². The molecule has 0 spiro atoms. The van der Waals surface area contributed by atoms with Crippen LogP contribution in [0.2, 0.25) is 5.02 Å². The van der Waals surface area contributed by atoms with Crippen molar-refractivity contribution in [2.75, 3.05) is 5.32 Å². The first-order valence-electron chi connectivity index (χ1n) is 9.01. The molecule has 2 aromatic carbocycles. The zero-order valence-electron chi connectivity index (χ0n) is 15.8. The summed E-state index contributed by atoms with van der Waals surface area (Å²) < 4.78 is 2.74. The molecule has 0 fully saturated rings. The third-order valence-electron chi connectivity index (χ3n) is 4.69. The number of allylic oxidation sites excluding steroid dienone is 2. The Kier molecular flexibility index (Phi) is 5.81. The summed E-state index contributed by atoms with van der Waals surface area (Å²) in [5.74, 6) is 1.29. The van der Waals surface area contributed by atoms with Crippen molar-refractivity contribution in [2.45, 2.75) is 30.8 Å². The lowest BCUT2D eigenvalue weighted by molar-refractivity contribution is -0.114. The molecule has 1 aromatic heterocycles. The van der Waals surface area contributed by atoms with Crippen LogP contribution < -0.4 is 5.32 Å². The van der Waals surface area contributed by atoms with Gasteiger partial charge in [0, 0.05) is 26.5 Å². The van der Waals surface area contributed by atoms with E-state index in [1.54, 1.807) is 11.6 Å². The molecule has 4 rings (SSSR count). The molecule has 1 atom stereocenters. The van der Waals surface area contributed by atoms with Crippen molar-refractivity contribution in [3.63, 3.8) is 0 Å². The standard InChI is InChI=1S/C21H18BrClN4OS/c1-12-18(13(2)28)19(14-7-5-8-16(22)10-14)27-20(24-12)25-21(26-27)29-11-15-6-3-4-9-17(15)23/h3-10,19H,11H2,1-2H3,(H,24,25,26). The molecular formula is C21H18BrClN4OS. The third kappa shape index (κ3) is 4.13. The number of nitrogens with one attached hydrogen (secondary N) is 1. The van der Waals surface area contributed by atoms with Crippen LogP contribution >= 0.6 is 39.3 Å². The number of aromatic nitrogens is 3. The van der Waals surface area contributed by atoms with Gasteiger partial charge < -0.3 is 5.32 Å². The van der Waals surface area contributed by atoms with Crippen molar-refractivity contribution in [1.29, 1.82) is 0 Å². The van der Waals surface area contributed by atoms with Crippen molar-refractivity contribution in [3.8, 4) is 0 Å². The summed E-state index contributed by atoms with van der Waals surface area (Å²) in [6.45, 7) is 3.48. The molecule has 5 nitrogen and oxygen atoms in total. The van der Waals surface area contributed by atoms with Gasteiger partial charge in [-0.25, -0.2) is 4.68 Å². The van der Waals surface area contributed by atoms with Crippen molar-refractivity contribution >= 4 is 51.0 Å². The number of ketones is 1. The van der Waals surface area contributed by atoms with Gasteiger partial charge in [0.2, 0.25) is 11.1 Å².